The Morgan fingerprint density at radius 3 is 2.44 bits per heavy atom. The molecule has 0 saturated heterocycles. The smallest absolute Gasteiger partial charge is 0.0696 e. The molecule has 2 rings (SSSR count). The van der Waals surface area contributed by atoms with E-state index in [0.717, 1.165) is 11.1 Å². The summed E-state index contributed by atoms with van der Waals surface area (Å²) in [5, 5.41) is 9.76. The van der Waals surface area contributed by atoms with Crippen LogP contribution in [0.1, 0.15) is 30.9 Å². The van der Waals surface area contributed by atoms with Crippen molar-refractivity contribution in [1.82, 2.24) is 0 Å². The summed E-state index contributed by atoms with van der Waals surface area (Å²) in [6.07, 6.45) is 0. The number of hydrogen-bond donors (Lipinski definition) is 1. The van der Waals surface area contributed by atoms with Crippen LogP contribution < -0.4 is 0 Å². The monoisotopic (exact) mass is 260 g/mol. The lowest BCUT2D eigenvalue weighted by atomic mass is 9.92. The van der Waals surface area contributed by atoms with Gasteiger partial charge in [-0.2, -0.15) is 0 Å². The van der Waals surface area contributed by atoms with E-state index < -0.39 is 0 Å². The van der Waals surface area contributed by atoms with Gasteiger partial charge in [-0.25, -0.2) is 0 Å². The highest BCUT2D eigenvalue weighted by Crippen LogP contribution is 2.31. The van der Waals surface area contributed by atoms with Gasteiger partial charge >= 0.3 is 0 Å². The number of hydrogen-bond acceptors (Lipinski definition) is 1. The van der Waals surface area contributed by atoms with E-state index in [9.17, 15) is 0 Å². The number of benzene rings is 2. The van der Waals surface area contributed by atoms with Gasteiger partial charge in [0.05, 0.1) is 6.61 Å². The molecule has 0 aliphatic rings. The average Bonchev–Trinajstić information content (AvgIpc) is 2.38. The van der Waals surface area contributed by atoms with Crippen LogP contribution in [0.2, 0.25) is 5.02 Å². The Bertz CT molecular complexity index is 547. The van der Waals surface area contributed by atoms with Gasteiger partial charge in [-0.3, -0.25) is 0 Å². The first kappa shape index (κ1) is 13.1. The predicted molar refractivity (Wildman–Crippen MR) is 76.9 cm³/mol. The van der Waals surface area contributed by atoms with Gasteiger partial charge in [0.2, 0.25) is 0 Å². The van der Waals surface area contributed by atoms with Crippen LogP contribution in [0.4, 0.5) is 0 Å². The number of aliphatic hydroxyl groups is 1. The van der Waals surface area contributed by atoms with Gasteiger partial charge in [0, 0.05) is 5.02 Å². The molecule has 0 bridgehead atoms. The lowest BCUT2D eigenvalue weighted by Gasteiger charge is -2.13. The van der Waals surface area contributed by atoms with Crippen molar-refractivity contribution in [3.63, 3.8) is 0 Å². The predicted octanol–water partition coefficient (Wildman–Crippen LogP) is 4.62. The number of halogens is 1. The summed E-state index contributed by atoms with van der Waals surface area (Å²) in [6.45, 7) is 4.34. The molecule has 0 aliphatic heterocycles. The first-order valence-electron chi connectivity index (χ1n) is 6.12. The summed E-state index contributed by atoms with van der Waals surface area (Å²) in [4.78, 5) is 0. The standard InChI is InChI=1S/C16H17ClO/c1-11(2)14-5-3-4-6-15(14)12-7-8-13(10-18)16(17)9-12/h3-9,11,18H,10H2,1-2H3. The van der Waals surface area contributed by atoms with Crippen LogP contribution in [0.5, 0.6) is 0 Å². The molecule has 1 N–H and O–H groups in total. The molecule has 0 saturated carbocycles. The Balaban J connectivity index is 2.52. The highest BCUT2D eigenvalue weighted by atomic mass is 35.5. The molecule has 18 heavy (non-hydrogen) atoms. The van der Waals surface area contributed by atoms with Crippen molar-refractivity contribution in [3.05, 3.63) is 58.6 Å². The molecule has 0 heterocycles. The second-order valence-corrected chi connectivity index (χ2v) is 5.11. The van der Waals surface area contributed by atoms with Crippen molar-refractivity contribution in [2.75, 3.05) is 0 Å². The van der Waals surface area contributed by atoms with Gasteiger partial charge in [-0.15, -0.1) is 0 Å². The third-order valence-electron chi connectivity index (χ3n) is 3.12. The summed E-state index contributed by atoms with van der Waals surface area (Å²) in [7, 11) is 0. The molecule has 0 aliphatic carbocycles. The van der Waals surface area contributed by atoms with Crippen LogP contribution in [0, 0.1) is 0 Å². The van der Waals surface area contributed by atoms with Gasteiger partial charge in [0.25, 0.3) is 0 Å². The number of rotatable bonds is 3. The topological polar surface area (TPSA) is 20.2 Å². The molecule has 0 radical (unpaired) electrons. The Labute approximate surface area is 113 Å². The van der Waals surface area contributed by atoms with Crippen molar-refractivity contribution in [1.29, 1.82) is 0 Å². The summed E-state index contributed by atoms with van der Waals surface area (Å²) in [6, 6.07) is 14.2. The molecule has 0 amide bonds. The summed E-state index contributed by atoms with van der Waals surface area (Å²) in [5.74, 6) is 0.470. The van der Waals surface area contributed by atoms with E-state index in [1.165, 1.54) is 11.1 Å². The molecule has 2 heteroatoms. The maximum atomic E-state index is 9.14. The van der Waals surface area contributed by atoms with Crippen LogP contribution in [0.25, 0.3) is 11.1 Å². The van der Waals surface area contributed by atoms with Crippen LogP contribution in [-0.2, 0) is 6.61 Å². The van der Waals surface area contributed by atoms with Crippen LogP contribution in [0.3, 0.4) is 0 Å². The van der Waals surface area contributed by atoms with E-state index in [-0.39, 0.29) is 6.61 Å². The highest BCUT2D eigenvalue weighted by Gasteiger charge is 2.09. The molecule has 0 unspecified atom stereocenters. The van der Waals surface area contributed by atoms with E-state index in [0.29, 0.717) is 10.9 Å². The Hall–Kier alpha value is -1.31. The van der Waals surface area contributed by atoms with Crippen molar-refractivity contribution >= 4 is 11.6 Å². The normalized spacial score (nSPS) is 10.9. The molecule has 1 nitrogen and oxygen atoms in total. The van der Waals surface area contributed by atoms with Gasteiger partial charge in [-0.1, -0.05) is 61.8 Å². The molecule has 0 fully saturated rings. The van der Waals surface area contributed by atoms with E-state index >= 15 is 0 Å². The van der Waals surface area contributed by atoms with E-state index in [1.807, 2.05) is 24.3 Å². The zero-order chi connectivity index (χ0) is 13.1. The Morgan fingerprint density at radius 1 is 1.11 bits per heavy atom. The van der Waals surface area contributed by atoms with Gasteiger partial charge < -0.3 is 5.11 Å². The van der Waals surface area contributed by atoms with Crippen molar-refractivity contribution in [3.8, 4) is 11.1 Å². The molecule has 2 aromatic carbocycles. The Morgan fingerprint density at radius 2 is 1.83 bits per heavy atom. The third kappa shape index (κ3) is 2.58. The zero-order valence-corrected chi connectivity index (χ0v) is 11.4. The molecule has 0 spiro atoms. The fourth-order valence-electron chi connectivity index (χ4n) is 2.11. The second-order valence-electron chi connectivity index (χ2n) is 4.71. The first-order valence-corrected chi connectivity index (χ1v) is 6.50. The van der Waals surface area contributed by atoms with Gasteiger partial charge in [0.1, 0.15) is 0 Å². The van der Waals surface area contributed by atoms with Crippen LogP contribution in [-0.4, -0.2) is 5.11 Å². The second kappa shape index (κ2) is 5.55. The molecule has 94 valence electrons. The molecular weight excluding hydrogens is 244 g/mol. The number of aliphatic hydroxyl groups excluding tert-OH is 1. The lowest BCUT2D eigenvalue weighted by molar-refractivity contribution is 0.282. The van der Waals surface area contributed by atoms with Crippen molar-refractivity contribution < 1.29 is 5.11 Å². The minimum Gasteiger partial charge on any atom is -0.392 e. The van der Waals surface area contributed by atoms with Crippen LogP contribution in [0.15, 0.2) is 42.5 Å². The molecule has 0 aromatic heterocycles. The molecule has 2 aromatic rings. The maximum Gasteiger partial charge on any atom is 0.0696 e. The maximum absolute atomic E-state index is 9.14. The lowest BCUT2D eigenvalue weighted by Crippen LogP contribution is -1.93. The zero-order valence-electron chi connectivity index (χ0n) is 10.7. The Kier molecular flexibility index (Phi) is 4.05. The molecular formula is C16H17ClO. The van der Waals surface area contributed by atoms with E-state index in [2.05, 4.69) is 32.0 Å². The van der Waals surface area contributed by atoms with E-state index in [1.54, 1.807) is 0 Å². The van der Waals surface area contributed by atoms with Gasteiger partial charge in [-0.05, 0) is 34.2 Å². The van der Waals surface area contributed by atoms with Gasteiger partial charge in [0.15, 0.2) is 0 Å². The van der Waals surface area contributed by atoms with Crippen LogP contribution >= 0.6 is 11.6 Å². The van der Waals surface area contributed by atoms with E-state index in [4.69, 9.17) is 16.7 Å². The fourth-order valence-corrected chi connectivity index (χ4v) is 2.35. The minimum atomic E-state index is -0.0229. The summed E-state index contributed by atoms with van der Waals surface area (Å²) >= 11 is 6.15. The van der Waals surface area contributed by atoms with Crippen molar-refractivity contribution in [2.45, 2.75) is 26.4 Å². The largest absolute Gasteiger partial charge is 0.392 e. The first-order chi connectivity index (χ1) is 8.63. The summed E-state index contributed by atoms with van der Waals surface area (Å²) in [5.41, 5.74) is 4.38. The summed E-state index contributed by atoms with van der Waals surface area (Å²) < 4.78 is 0. The average molecular weight is 261 g/mol. The molecule has 0 atom stereocenters. The SMILES string of the molecule is CC(C)c1ccccc1-c1ccc(CO)c(Cl)c1. The highest BCUT2D eigenvalue weighted by molar-refractivity contribution is 6.31. The minimum absolute atomic E-state index is 0.0229. The quantitative estimate of drug-likeness (QED) is 0.854. The third-order valence-corrected chi connectivity index (χ3v) is 3.47. The van der Waals surface area contributed by atoms with Crippen molar-refractivity contribution in [2.24, 2.45) is 0 Å². The fraction of sp³-hybridized carbons (Fsp3) is 0.250.